The van der Waals surface area contributed by atoms with Gasteiger partial charge in [-0.1, -0.05) is 6.07 Å². The maximum absolute atomic E-state index is 11.3. The Balaban J connectivity index is 1.89. The first-order valence-corrected chi connectivity index (χ1v) is 6.62. The summed E-state index contributed by atoms with van der Waals surface area (Å²) in [5.41, 5.74) is 0.894. The van der Waals surface area contributed by atoms with E-state index in [0.717, 1.165) is 0 Å². The smallest absolute Gasteiger partial charge is 0.352 e. The van der Waals surface area contributed by atoms with Crippen LogP contribution in [0.15, 0.2) is 24.4 Å². The molecule has 1 atom stereocenters. The van der Waals surface area contributed by atoms with Gasteiger partial charge in [0.1, 0.15) is 0 Å². The summed E-state index contributed by atoms with van der Waals surface area (Å²) >= 11 is 0. The molecule has 1 aliphatic rings. The van der Waals surface area contributed by atoms with Crippen molar-refractivity contribution in [3.8, 4) is 0 Å². The Morgan fingerprint density at radius 1 is 1.52 bits per heavy atom. The molecule has 1 aliphatic heterocycles. The third kappa shape index (κ3) is 2.45. The van der Waals surface area contributed by atoms with Crippen molar-refractivity contribution in [3.05, 3.63) is 40.2 Å². The molecule has 0 radical (unpaired) electrons. The van der Waals surface area contributed by atoms with Gasteiger partial charge >= 0.3 is 11.8 Å². The van der Waals surface area contributed by atoms with Crippen LogP contribution in [0.25, 0.3) is 5.65 Å². The second kappa shape index (κ2) is 5.13. The number of carboxylic acids is 1. The molecule has 1 N–H and O–H groups in total. The van der Waals surface area contributed by atoms with Gasteiger partial charge in [0.15, 0.2) is 5.69 Å². The van der Waals surface area contributed by atoms with Crippen LogP contribution in [0.5, 0.6) is 0 Å². The van der Waals surface area contributed by atoms with Crippen LogP contribution in [0, 0.1) is 16.0 Å². The number of nitro groups is 1. The zero-order valence-corrected chi connectivity index (χ0v) is 11.2. The van der Waals surface area contributed by atoms with Crippen LogP contribution in [0.4, 0.5) is 5.82 Å². The molecule has 0 spiro atoms. The molecule has 2 aromatic heterocycles. The maximum atomic E-state index is 11.3. The Morgan fingerprint density at radius 3 is 3.00 bits per heavy atom. The first-order chi connectivity index (χ1) is 10.1. The van der Waals surface area contributed by atoms with Crippen LogP contribution in [-0.4, -0.2) is 43.4 Å². The van der Waals surface area contributed by atoms with Gasteiger partial charge in [0.2, 0.25) is 5.65 Å². The lowest BCUT2D eigenvalue weighted by Crippen LogP contribution is -2.23. The van der Waals surface area contributed by atoms with Crippen molar-refractivity contribution >= 4 is 17.4 Å². The van der Waals surface area contributed by atoms with Gasteiger partial charge in [-0.3, -0.25) is 9.69 Å². The number of hydrogen-bond donors (Lipinski definition) is 1. The average molecular weight is 290 g/mol. The number of aromatic nitrogens is 2. The number of rotatable bonds is 4. The van der Waals surface area contributed by atoms with Gasteiger partial charge in [-0.15, -0.1) is 0 Å². The summed E-state index contributed by atoms with van der Waals surface area (Å²) in [5.74, 6) is -1.27. The second-order valence-electron chi connectivity index (χ2n) is 5.13. The molecule has 0 bridgehead atoms. The minimum Gasteiger partial charge on any atom is -0.481 e. The Morgan fingerprint density at radius 2 is 2.33 bits per heavy atom. The van der Waals surface area contributed by atoms with Crippen molar-refractivity contribution in [1.82, 2.24) is 14.3 Å². The fourth-order valence-electron chi connectivity index (χ4n) is 2.72. The lowest BCUT2D eigenvalue weighted by Gasteiger charge is -2.12. The first-order valence-electron chi connectivity index (χ1n) is 6.62. The van der Waals surface area contributed by atoms with E-state index < -0.39 is 16.8 Å². The Bertz CT molecular complexity index is 711. The van der Waals surface area contributed by atoms with E-state index in [1.807, 2.05) is 4.90 Å². The monoisotopic (exact) mass is 290 g/mol. The van der Waals surface area contributed by atoms with Crippen molar-refractivity contribution in [3.63, 3.8) is 0 Å². The zero-order chi connectivity index (χ0) is 15.0. The van der Waals surface area contributed by atoms with Crippen molar-refractivity contribution in [2.45, 2.75) is 13.0 Å². The van der Waals surface area contributed by atoms with Gasteiger partial charge in [0.05, 0.1) is 12.1 Å². The van der Waals surface area contributed by atoms with E-state index in [1.54, 1.807) is 24.4 Å². The number of pyridine rings is 1. The largest absolute Gasteiger partial charge is 0.481 e. The van der Waals surface area contributed by atoms with E-state index >= 15 is 0 Å². The highest BCUT2D eigenvalue weighted by molar-refractivity contribution is 5.70. The molecule has 8 nitrogen and oxygen atoms in total. The first kappa shape index (κ1) is 13.5. The SMILES string of the molecule is O=C(O)C1CCN(Cc2nc3ccccn3c2[N+](=O)[O-])C1. The summed E-state index contributed by atoms with van der Waals surface area (Å²) in [7, 11) is 0. The van der Waals surface area contributed by atoms with E-state index in [1.165, 1.54) is 4.40 Å². The number of imidazole rings is 1. The standard InChI is InChI=1S/C13H14N4O4/c18-13(19)9-4-6-15(7-9)8-10-12(17(20)21)16-5-2-1-3-11(16)14-10/h1-3,5,9H,4,6-8H2,(H,18,19). The Kier molecular flexibility index (Phi) is 3.30. The number of likely N-dealkylation sites (tertiary alicyclic amines) is 1. The second-order valence-corrected chi connectivity index (χ2v) is 5.13. The number of nitrogens with zero attached hydrogens (tertiary/aromatic N) is 4. The third-order valence-electron chi connectivity index (χ3n) is 3.74. The van der Waals surface area contributed by atoms with E-state index in [-0.39, 0.29) is 5.82 Å². The summed E-state index contributed by atoms with van der Waals surface area (Å²) in [6, 6.07) is 5.19. The summed E-state index contributed by atoms with van der Waals surface area (Å²) in [5, 5.41) is 20.3. The lowest BCUT2D eigenvalue weighted by atomic mass is 10.1. The van der Waals surface area contributed by atoms with Gasteiger partial charge in [0, 0.05) is 19.2 Å². The maximum Gasteiger partial charge on any atom is 0.352 e. The number of fused-ring (bicyclic) bond motifs is 1. The molecule has 3 heterocycles. The fraction of sp³-hybridized carbons (Fsp3) is 0.385. The predicted molar refractivity (Wildman–Crippen MR) is 72.9 cm³/mol. The predicted octanol–water partition coefficient (Wildman–Crippen LogP) is 1.15. The van der Waals surface area contributed by atoms with Gasteiger partial charge in [0.25, 0.3) is 0 Å². The number of carboxylic acid groups (broad SMARTS) is 1. The average Bonchev–Trinajstić information content (AvgIpc) is 3.02. The quantitative estimate of drug-likeness (QED) is 0.669. The van der Waals surface area contributed by atoms with Crippen LogP contribution >= 0.6 is 0 Å². The van der Waals surface area contributed by atoms with Crippen molar-refractivity contribution < 1.29 is 14.8 Å². The van der Waals surface area contributed by atoms with Gasteiger partial charge in [-0.2, -0.15) is 4.40 Å². The minimum absolute atomic E-state index is 0.0515. The van der Waals surface area contributed by atoms with Crippen molar-refractivity contribution in [2.75, 3.05) is 13.1 Å². The molecule has 1 fully saturated rings. The van der Waals surface area contributed by atoms with Gasteiger partial charge in [-0.05, 0) is 24.0 Å². The molecular weight excluding hydrogens is 276 g/mol. The van der Waals surface area contributed by atoms with Crippen LogP contribution in [-0.2, 0) is 11.3 Å². The summed E-state index contributed by atoms with van der Waals surface area (Å²) in [6.45, 7) is 1.31. The molecule has 0 aromatic carbocycles. The van der Waals surface area contributed by atoms with Gasteiger partial charge < -0.3 is 15.2 Å². The molecular formula is C13H14N4O4. The zero-order valence-electron chi connectivity index (χ0n) is 11.2. The number of hydrogen-bond acceptors (Lipinski definition) is 5. The molecule has 3 rings (SSSR count). The summed E-state index contributed by atoms with van der Waals surface area (Å²) in [4.78, 5) is 28.0. The topological polar surface area (TPSA) is 101 Å². The number of aliphatic carboxylic acids is 1. The van der Waals surface area contributed by atoms with Crippen LogP contribution in [0.1, 0.15) is 12.1 Å². The molecule has 1 unspecified atom stereocenters. The molecule has 1 saturated heterocycles. The lowest BCUT2D eigenvalue weighted by molar-refractivity contribution is -0.391. The highest BCUT2D eigenvalue weighted by atomic mass is 16.6. The third-order valence-corrected chi connectivity index (χ3v) is 3.74. The molecule has 0 aliphatic carbocycles. The highest BCUT2D eigenvalue weighted by Gasteiger charge is 2.31. The minimum atomic E-state index is -0.818. The molecule has 2 aromatic rings. The van der Waals surface area contributed by atoms with Crippen LogP contribution < -0.4 is 0 Å². The fourth-order valence-corrected chi connectivity index (χ4v) is 2.72. The van der Waals surface area contributed by atoms with Crippen molar-refractivity contribution in [1.29, 1.82) is 0 Å². The van der Waals surface area contributed by atoms with Crippen LogP contribution in [0.2, 0.25) is 0 Å². The van der Waals surface area contributed by atoms with Crippen molar-refractivity contribution in [2.24, 2.45) is 5.92 Å². The van der Waals surface area contributed by atoms with E-state index in [2.05, 4.69) is 4.98 Å². The van der Waals surface area contributed by atoms with E-state index in [0.29, 0.717) is 37.4 Å². The van der Waals surface area contributed by atoms with E-state index in [4.69, 9.17) is 5.11 Å². The molecule has 21 heavy (non-hydrogen) atoms. The Hall–Kier alpha value is -2.48. The van der Waals surface area contributed by atoms with Crippen LogP contribution in [0.3, 0.4) is 0 Å². The molecule has 0 saturated carbocycles. The number of carbonyl (C=O) groups is 1. The molecule has 8 heteroatoms. The van der Waals surface area contributed by atoms with E-state index in [9.17, 15) is 14.9 Å². The summed E-state index contributed by atoms with van der Waals surface area (Å²) in [6.07, 6.45) is 2.17. The normalized spacial score (nSPS) is 19.1. The van der Waals surface area contributed by atoms with Gasteiger partial charge in [-0.25, -0.2) is 4.98 Å². The molecule has 110 valence electrons. The highest BCUT2D eigenvalue weighted by Crippen LogP contribution is 2.25. The Labute approximate surface area is 119 Å². The molecule has 0 amide bonds. The summed E-state index contributed by atoms with van der Waals surface area (Å²) < 4.78 is 1.44.